The van der Waals surface area contributed by atoms with Crippen molar-refractivity contribution in [1.29, 1.82) is 0 Å². The Morgan fingerprint density at radius 3 is 0.977 bits per heavy atom. The number of ether oxygens (including phenoxy) is 2. The minimum absolute atomic E-state index is 0.641. The fourth-order valence-corrected chi connectivity index (χ4v) is 6.25. The maximum Gasteiger partial charge on any atom is 0.166 e. The summed E-state index contributed by atoms with van der Waals surface area (Å²) in [6.45, 7) is 0. The van der Waals surface area contributed by atoms with E-state index in [2.05, 4.69) is 36.4 Å². The summed E-state index contributed by atoms with van der Waals surface area (Å²) in [5.41, 5.74) is 6.05. The highest BCUT2D eigenvalue weighted by Gasteiger charge is 2.37. The predicted molar refractivity (Wildman–Crippen MR) is 183 cm³/mol. The Morgan fingerprint density at radius 1 is 0.364 bits per heavy atom. The topological polar surface area (TPSA) is 18.5 Å². The highest BCUT2D eigenvalue weighted by Crippen LogP contribution is 2.49. The second-order valence-corrected chi connectivity index (χ2v) is 11.3. The van der Waals surface area contributed by atoms with E-state index < -0.39 is 9.75 Å². The van der Waals surface area contributed by atoms with E-state index >= 15 is 0 Å². The monoisotopic (exact) mass is 616 g/mol. The summed E-state index contributed by atoms with van der Waals surface area (Å²) in [7, 11) is 3.26. The molecule has 0 heterocycles. The van der Waals surface area contributed by atoms with Gasteiger partial charge in [-0.3, -0.25) is 0 Å². The Kier molecular flexibility index (Phi) is 10.1. The third-order valence-electron chi connectivity index (χ3n) is 7.63. The summed E-state index contributed by atoms with van der Waals surface area (Å²) in [6, 6.07) is 56.4. The van der Waals surface area contributed by atoms with Crippen LogP contribution in [0.25, 0.3) is 0 Å². The molecule has 0 fully saturated rings. The average Bonchev–Trinajstić information content (AvgIpc) is 3.12. The van der Waals surface area contributed by atoms with Gasteiger partial charge in [0.05, 0.1) is 14.2 Å². The lowest BCUT2D eigenvalue weighted by Crippen LogP contribution is -2.23. The van der Waals surface area contributed by atoms with Crippen LogP contribution in [0.5, 0.6) is 11.5 Å². The zero-order chi connectivity index (χ0) is 30.8. The van der Waals surface area contributed by atoms with Gasteiger partial charge in [0.25, 0.3) is 0 Å². The molecule has 0 radical (unpaired) electrons. The molecule has 0 bridgehead atoms. The van der Waals surface area contributed by atoms with E-state index in [9.17, 15) is 0 Å². The molecular formula is C40H34Cl2O2. The molecule has 6 rings (SSSR count). The van der Waals surface area contributed by atoms with Gasteiger partial charge in [0.1, 0.15) is 9.75 Å². The Balaban J connectivity index is 0.000000177. The van der Waals surface area contributed by atoms with Crippen molar-refractivity contribution in [2.75, 3.05) is 14.2 Å². The molecule has 6 aromatic carbocycles. The van der Waals surface area contributed by atoms with Crippen molar-refractivity contribution in [3.63, 3.8) is 0 Å². The molecule has 0 saturated carbocycles. The van der Waals surface area contributed by atoms with Crippen LogP contribution in [-0.4, -0.2) is 14.2 Å². The van der Waals surface area contributed by atoms with Crippen LogP contribution >= 0.6 is 23.2 Å². The number of rotatable bonds is 8. The van der Waals surface area contributed by atoms with Crippen molar-refractivity contribution >= 4 is 23.2 Å². The number of benzene rings is 6. The molecular weight excluding hydrogens is 583 g/mol. The minimum Gasteiger partial charge on any atom is -0.493 e. The maximum atomic E-state index is 7.29. The van der Waals surface area contributed by atoms with Gasteiger partial charge in [-0.1, -0.05) is 164 Å². The zero-order valence-corrected chi connectivity index (χ0v) is 26.3. The van der Waals surface area contributed by atoms with Gasteiger partial charge in [0, 0.05) is 5.56 Å². The fraction of sp³-hybridized carbons (Fsp3) is 0.100. The van der Waals surface area contributed by atoms with E-state index in [4.69, 9.17) is 32.7 Å². The van der Waals surface area contributed by atoms with E-state index in [1.54, 1.807) is 14.2 Å². The summed E-state index contributed by atoms with van der Waals surface area (Å²) in [5.74, 6) is 1.30. The molecule has 0 aromatic heterocycles. The van der Waals surface area contributed by atoms with Crippen molar-refractivity contribution in [2.24, 2.45) is 0 Å². The smallest absolute Gasteiger partial charge is 0.166 e. The van der Waals surface area contributed by atoms with Gasteiger partial charge in [0.15, 0.2) is 11.5 Å². The Bertz CT molecular complexity index is 1590. The highest BCUT2D eigenvalue weighted by atomic mass is 35.5. The molecule has 2 nitrogen and oxygen atoms in total. The first-order valence-electron chi connectivity index (χ1n) is 14.4. The number of para-hydroxylation sites is 1. The number of methoxy groups -OCH3 is 2. The van der Waals surface area contributed by atoms with Crippen LogP contribution in [0.4, 0.5) is 0 Å². The third kappa shape index (κ3) is 6.24. The summed E-state index contributed by atoms with van der Waals surface area (Å²) in [6.07, 6.45) is 0. The molecule has 0 N–H and O–H groups in total. The molecule has 0 spiro atoms. The van der Waals surface area contributed by atoms with Crippen LogP contribution in [0.1, 0.15) is 33.4 Å². The molecule has 220 valence electrons. The van der Waals surface area contributed by atoms with Crippen molar-refractivity contribution in [3.8, 4) is 11.5 Å². The Labute approximate surface area is 270 Å². The van der Waals surface area contributed by atoms with Crippen molar-refractivity contribution in [2.45, 2.75) is 9.75 Å². The van der Waals surface area contributed by atoms with E-state index in [0.29, 0.717) is 11.5 Å². The van der Waals surface area contributed by atoms with Crippen LogP contribution < -0.4 is 9.47 Å². The van der Waals surface area contributed by atoms with Gasteiger partial charge >= 0.3 is 0 Å². The average molecular weight is 618 g/mol. The van der Waals surface area contributed by atoms with Gasteiger partial charge in [-0.15, -0.1) is 23.2 Å². The highest BCUT2D eigenvalue weighted by molar-refractivity contribution is 6.28. The van der Waals surface area contributed by atoms with Gasteiger partial charge in [-0.05, 0) is 33.9 Å². The summed E-state index contributed by atoms with van der Waals surface area (Å²) in [4.78, 5) is -1.52. The third-order valence-corrected chi connectivity index (χ3v) is 8.93. The SMILES string of the molecule is COc1cccc(C(Cl)(c2ccccc2)c2ccccc2)c1OC.ClC(c1ccccc1)(c1ccccc1)c1ccccc1. The molecule has 0 unspecified atom stereocenters. The normalized spacial score (nSPS) is 11.2. The standard InChI is InChI=1S/C21H19ClO2.C19H15Cl/c1-23-19-15-9-14-18(20(19)24-2)21(22,16-10-5-3-6-11-16)17-12-7-4-8-13-17;20-19(16-10-4-1-5-11-16,17-12-6-2-7-13-17)18-14-8-3-9-15-18/h3-15H,1-2H3;1-15H. The second kappa shape index (κ2) is 14.3. The molecule has 0 aliphatic heterocycles. The Morgan fingerprint density at radius 2 is 0.682 bits per heavy atom. The van der Waals surface area contributed by atoms with E-state index in [0.717, 1.165) is 33.4 Å². The van der Waals surface area contributed by atoms with Gasteiger partial charge in [-0.2, -0.15) is 0 Å². The molecule has 6 aromatic rings. The van der Waals surface area contributed by atoms with Crippen LogP contribution in [0, 0.1) is 0 Å². The van der Waals surface area contributed by atoms with Gasteiger partial charge < -0.3 is 9.47 Å². The lowest BCUT2D eigenvalue weighted by molar-refractivity contribution is 0.350. The van der Waals surface area contributed by atoms with E-state index in [1.807, 2.05) is 133 Å². The molecule has 4 heteroatoms. The molecule has 0 aliphatic rings. The Hall–Kier alpha value is -4.50. The molecule has 0 saturated heterocycles. The van der Waals surface area contributed by atoms with Crippen molar-refractivity contribution < 1.29 is 9.47 Å². The van der Waals surface area contributed by atoms with Crippen molar-refractivity contribution in [3.05, 3.63) is 203 Å². The zero-order valence-electron chi connectivity index (χ0n) is 24.7. The van der Waals surface area contributed by atoms with Crippen LogP contribution in [0.2, 0.25) is 0 Å². The van der Waals surface area contributed by atoms with Gasteiger partial charge in [-0.25, -0.2) is 0 Å². The number of hydrogen-bond donors (Lipinski definition) is 0. The predicted octanol–water partition coefficient (Wildman–Crippen LogP) is 10.5. The largest absolute Gasteiger partial charge is 0.493 e. The first-order chi connectivity index (χ1) is 21.5. The van der Waals surface area contributed by atoms with E-state index in [1.165, 1.54) is 0 Å². The second-order valence-electron chi connectivity index (χ2n) is 10.2. The lowest BCUT2D eigenvalue weighted by Gasteiger charge is -2.31. The minimum atomic E-state index is -0.873. The molecule has 0 aliphatic carbocycles. The summed E-state index contributed by atoms with van der Waals surface area (Å²) < 4.78 is 11.1. The van der Waals surface area contributed by atoms with Crippen molar-refractivity contribution in [1.82, 2.24) is 0 Å². The maximum absolute atomic E-state index is 7.29. The molecule has 44 heavy (non-hydrogen) atoms. The first kappa shape index (κ1) is 30.9. The first-order valence-corrected chi connectivity index (χ1v) is 15.2. The summed E-state index contributed by atoms with van der Waals surface area (Å²) in [5, 5.41) is 0. The van der Waals surface area contributed by atoms with Crippen LogP contribution in [0.15, 0.2) is 170 Å². The number of alkyl halides is 2. The van der Waals surface area contributed by atoms with Crippen LogP contribution in [-0.2, 0) is 9.75 Å². The summed E-state index contributed by atoms with van der Waals surface area (Å²) >= 11 is 14.4. The van der Waals surface area contributed by atoms with Gasteiger partial charge in [0.2, 0.25) is 0 Å². The lowest BCUT2D eigenvalue weighted by atomic mass is 9.83. The number of halogens is 2. The fourth-order valence-electron chi connectivity index (χ4n) is 5.48. The van der Waals surface area contributed by atoms with E-state index in [-0.39, 0.29) is 0 Å². The molecule has 0 amide bonds. The number of hydrogen-bond acceptors (Lipinski definition) is 2. The quantitative estimate of drug-likeness (QED) is 0.125. The van der Waals surface area contributed by atoms with Crippen LogP contribution in [0.3, 0.4) is 0 Å². The molecule has 0 atom stereocenters.